The molecule has 102 valence electrons. The maximum absolute atomic E-state index is 12.2. The molecule has 1 fully saturated rings. The topological polar surface area (TPSA) is 74.6 Å². The molecule has 1 saturated carbocycles. The quantitative estimate of drug-likeness (QED) is 0.660. The van der Waals surface area contributed by atoms with Gasteiger partial charge in [-0.2, -0.15) is 0 Å². The minimum absolute atomic E-state index is 0.153. The zero-order chi connectivity index (χ0) is 14.1. The Hall–Kier alpha value is -1.20. The molecule has 1 aliphatic rings. The summed E-state index contributed by atoms with van der Waals surface area (Å²) in [4.78, 5) is 23.0. The third kappa shape index (κ3) is 3.40. The molecule has 5 nitrogen and oxygen atoms in total. The number of aliphatic carboxylic acids is 1. The van der Waals surface area contributed by atoms with Gasteiger partial charge in [-0.15, -0.1) is 0 Å². The van der Waals surface area contributed by atoms with Crippen molar-refractivity contribution in [2.75, 3.05) is 21.1 Å². The number of ketones is 1. The summed E-state index contributed by atoms with van der Waals surface area (Å²) < 4.78 is 0.153. The molecule has 2 N–H and O–H groups in total. The first-order valence-corrected chi connectivity index (χ1v) is 6.06. The van der Waals surface area contributed by atoms with Crippen molar-refractivity contribution in [1.82, 2.24) is 0 Å². The Balaban J connectivity index is 2.96. The molecule has 1 unspecified atom stereocenters. The van der Waals surface area contributed by atoms with E-state index in [4.69, 9.17) is 5.11 Å². The van der Waals surface area contributed by atoms with E-state index < -0.39 is 23.8 Å². The summed E-state index contributed by atoms with van der Waals surface area (Å²) in [6, 6.07) is 0. The smallest absolute Gasteiger partial charge is 0.307 e. The molecule has 5 heteroatoms. The second-order valence-electron chi connectivity index (χ2n) is 5.96. The zero-order valence-corrected chi connectivity index (χ0v) is 11.3. The summed E-state index contributed by atoms with van der Waals surface area (Å²) in [5.74, 6) is -1.32. The van der Waals surface area contributed by atoms with Gasteiger partial charge in [-0.3, -0.25) is 14.1 Å². The van der Waals surface area contributed by atoms with Crippen LogP contribution < -0.4 is 0 Å². The van der Waals surface area contributed by atoms with Crippen LogP contribution in [0.25, 0.3) is 0 Å². The molecular formula is C13H22NO4+. The first-order chi connectivity index (χ1) is 8.07. The molecule has 0 amide bonds. The zero-order valence-electron chi connectivity index (χ0n) is 11.3. The number of Topliss-reactive ketones (excluding diaryl/α,β-unsaturated/α-hetero) is 1. The molecule has 1 atom stereocenters. The Morgan fingerprint density at radius 1 is 1.33 bits per heavy atom. The number of quaternary nitrogens is 1. The van der Waals surface area contributed by atoms with Gasteiger partial charge in [0.25, 0.3) is 0 Å². The van der Waals surface area contributed by atoms with Crippen LogP contribution in [0.2, 0.25) is 0 Å². The van der Waals surface area contributed by atoms with Gasteiger partial charge in [-0.05, 0) is 25.3 Å². The highest BCUT2D eigenvalue weighted by Gasteiger charge is 2.48. The van der Waals surface area contributed by atoms with E-state index in [0.717, 1.165) is 12.8 Å². The molecule has 0 aromatic heterocycles. The average Bonchev–Trinajstić information content (AvgIpc) is 2.97. The minimum atomic E-state index is -1.97. The van der Waals surface area contributed by atoms with Crippen LogP contribution in [0, 0.1) is 5.92 Å². The van der Waals surface area contributed by atoms with Crippen LogP contribution in [0.1, 0.15) is 25.7 Å². The van der Waals surface area contributed by atoms with Gasteiger partial charge >= 0.3 is 5.97 Å². The van der Waals surface area contributed by atoms with Gasteiger partial charge in [0, 0.05) is 6.42 Å². The number of rotatable bonds is 7. The standard InChI is InChI=1S/C13H21NO4/c1-9(14(2,3)4)13(18,8-12(16)17)11(15)7-10-5-6-10/h10,18H,1,5-8H2,2-4H3/p+1. The molecule has 0 aromatic rings. The summed E-state index contributed by atoms with van der Waals surface area (Å²) in [6.07, 6.45) is 1.58. The molecular weight excluding hydrogens is 234 g/mol. The van der Waals surface area contributed by atoms with E-state index in [1.54, 1.807) is 21.1 Å². The summed E-state index contributed by atoms with van der Waals surface area (Å²) >= 11 is 0. The molecule has 0 spiro atoms. The van der Waals surface area contributed by atoms with Crippen LogP contribution in [0.5, 0.6) is 0 Å². The van der Waals surface area contributed by atoms with Gasteiger partial charge in [0.05, 0.1) is 27.6 Å². The number of nitrogens with zero attached hydrogens (tertiary/aromatic N) is 1. The molecule has 1 rings (SSSR count). The van der Waals surface area contributed by atoms with Crippen molar-refractivity contribution < 1.29 is 24.3 Å². The highest BCUT2D eigenvalue weighted by Crippen LogP contribution is 2.36. The van der Waals surface area contributed by atoms with Crippen molar-refractivity contribution in [2.24, 2.45) is 5.92 Å². The van der Waals surface area contributed by atoms with Crippen molar-refractivity contribution in [3.63, 3.8) is 0 Å². The number of carbonyl (C=O) groups is 2. The Morgan fingerprint density at radius 3 is 2.17 bits per heavy atom. The fourth-order valence-corrected chi connectivity index (χ4v) is 1.89. The summed E-state index contributed by atoms with van der Waals surface area (Å²) in [5, 5.41) is 19.4. The molecule has 0 bridgehead atoms. The Bertz CT molecular complexity index is 379. The Labute approximate surface area is 107 Å². The highest BCUT2D eigenvalue weighted by molar-refractivity contribution is 5.93. The maximum Gasteiger partial charge on any atom is 0.307 e. The van der Waals surface area contributed by atoms with Gasteiger partial charge in [0.1, 0.15) is 5.70 Å². The number of likely N-dealkylation sites (N-methyl/N-ethyl adjacent to an activating group) is 1. The predicted octanol–water partition coefficient (Wildman–Crippen LogP) is 0.781. The van der Waals surface area contributed by atoms with Crippen molar-refractivity contribution in [2.45, 2.75) is 31.3 Å². The van der Waals surface area contributed by atoms with Crippen LogP contribution in [0.4, 0.5) is 0 Å². The first kappa shape index (κ1) is 14.9. The summed E-state index contributed by atoms with van der Waals surface area (Å²) in [5.41, 5.74) is -1.75. The summed E-state index contributed by atoms with van der Waals surface area (Å²) in [7, 11) is 5.25. The van der Waals surface area contributed by atoms with Gasteiger partial charge in [-0.1, -0.05) is 0 Å². The lowest BCUT2D eigenvalue weighted by Gasteiger charge is -2.35. The van der Waals surface area contributed by atoms with E-state index in [2.05, 4.69) is 6.58 Å². The lowest BCUT2D eigenvalue weighted by molar-refractivity contribution is -0.836. The number of hydrogen-bond acceptors (Lipinski definition) is 3. The van der Waals surface area contributed by atoms with Gasteiger partial charge in [0.15, 0.2) is 5.78 Å². The molecule has 0 aliphatic heterocycles. The second kappa shape index (κ2) is 4.82. The van der Waals surface area contributed by atoms with E-state index in [1.165, 1.54) is 0 Å². The monoisotopic (exact) mass is 256 g/mol. The van der Waals surface area contributed by atoms with Crippen molar-refractivity contribution in [3.05, 3.63) is 12.3 Å². The molecule has 0 aromatic carbocycles. The SMILES string of the molecule is C=C(C(O)(CC(=O)O)C(=O)CC1CC1)[N+](C)(C)C. The molecule has 0 heterocycles. The lowest BCUT2D eigenvalue weighted by Crippen LogP contribution is -2.52. The van der Waals surface area contributed by atoms with E-state index in [0.29, 0.717) is 5.92 Å². The van der Waals surface area contributed by atoms with E-state index >= 15 is 0 Å². The fraction of sp³-hybridized carbons (Fsp3) is 0.692. The second-order valence-corrected chi connectivity index (χ2v) is 5.96. The fourth-order valence-electron chi connectivity index (χ4n) is 1.89. The normalized spacial score (nSPS) is 19.1. The summed E-state index contributed by atoms with van der Waals surface area (Å²) in [6.45, 7) is 3.74. The van der Waals surface area contributed by atoms with Crippen molar-refractivity contribution in [3.8, 4) is 0 Å². The highest BCUT2D eigenvalue weighted by atomic mass is 16.4. The average molecular weight is 256 g/mol. The third-order valence-electron chi connectivity index (χ3n) is 3.33. The van der Waals surface area contributed by atoms with Crippen LogP contribution in [-0.4, -0.2) is 53.2 Å². The molecule has 0 saturated heterocycles. The Morgan fingerprint density at radius 2 is 1.83 bits per heavy atom. The van der Waals surface area contributed by atoms with E-state index in [-0.39, 0.29) is 16.6 Å². The number of carboxylic acids is 1. The number of carboxylic acid groups (broad SMARTS) is 1. The van der Waals surface area contributed by atoms with Gasteiger partial charge < -0.3 is 10.2 Å². The lowest BCUT2D eigenvalue weighted by atomic mass is 9.87. The van der Waals surface area contributed by atoms with Gasteiger partial charge in [0.2, 0.25) is 5.60 Å². The van der Waals surface area contributed by atoms with E-state index in [9.17, 15) is 14.7 Å². The number of carbonyl (C=O) groups excluding carboxylic acids is 1. The number of aliphatic hydroxyl groups is 1. The van der Waals surface area contributed by atoms with Crippen LogP contribution >= 0.6 is 0 Å². The van der Waals surface area contributed by atoms with Crippen LogP contribution in [0.3, 0.4) is 0 Å². The minimum Gasteiger partial charge on any atom is -0.481 e. The van der Waals surface area contributed by atoms with Crippen LogP contribution in [-0.2, 0) is 9.59 Å². The maximum atomic E-state index is 12.2. The largest absolute Gasteiger partial charge is 0.481 e. The number of hydrogen-bond donors (Lipinski definition) is 2. The predicted molar refractivity (Wildman–Crippen MR) is 66.7 cm³/mol. The molecule has 1 aliphatic carbocycles. The van der Waals surface area contributed by atoms with E-state index in [1.807, 2.05) is 0 Å². The molecule has 0 radical (unpaired) electrons. The van der Waals surface area contributed by atoms with Crippen molar-refractivity contribution in [1.29, 1.82) is 0 Å². The third-order valence-corrected chi connectivity index (χ3v) is 3.33. The van der Waals surface area contributed by atoms with Crippen LogP contribution in [0.15, 0.2) is 12.3 Å². The van der Waals surface area contributed by atoms with Crippen molar-refractivity contribution >= 4 is 11.8 Å². The molecule has 18 heavy (non-hydrogen) atoms. The van der Waals surface area contributed by atoms with Gasteiger partial charge in [-0.25, -0.2) is 0 Å². The first-order valence-electron chi connectivity index (χ1n) is 6.06. The Kier molecular flexibility index (Phi) is 3.98.